The third-order valence-corrected chi connectivity index (χ3v) is 3.91. The Bertz CT molecular complexity index is 587. The van der Waals surface area contributed by atoms with Gasteiger partial charge in [0.1, 0.15) is 5.69 Å². The van der Waals surface area contributed by atoms with Crippen molar-refractivity contribution in [3.05, 3.63) is 21.1 Å². The molecule has 0 radical (unpaired) electrons. The molecular weight excluding hydrogens is 306 g/mol. The van der Waals surface area contributed by atoms with E-state index in [4.69, 9.17) is 11.6 Å². The first kappa shape index (κ1) is 16.9. The maximum absolute atomic E-state index is 11.3. The van der Waals surface area contributed by atoms with Crippen molar-refractivity contribution in [1.29, 1.82) is 0 Å². The average molecular weight is 328 g/mol. The van der Waals surface area contributed by atoms with Gasteiger partial charge < -0.3 is 10.6 Å². The van der Waals surface area contributed by atoms with Crippen molar-refractivity contribution in [3.63, 3.8) is 0 Å². The summed E-state index contributed by atoms with van der Waals surface area (Å²) in [6.07, 6.45) is 1.66. The van der Waals surface area contributed by atoms with E-state index in [2.05, 4.69) is 48.3 Å². The lowest BCUT2D eigenvalue weighted by molar-refractivity contribution is -0.385. The normalized spacial score (nSPS) is 20.6. The number of piperidine rings is 1. The highest BCUT2D eigenvalue weighted by Crippen LogP contribution is 2.33. The molecule has 1 aliphatic heterocycles. The summed E-state index contributed by atoms with van der Waals surface area (Å²) >= 11 is 5.86. The van der Waals surface area contributed by atoms with Crippen molar-refractivity contribution in [2.45, 2.75) is 64.6 Å². The van der Waals surface area contributed by atoms with Gasteiger partial charge in [-0.1, -0.05) is 0 Å². The third kappa shape index (κ3) is 3.84. The van der Waals surface area contributed by atoms with E-state index in [0.717, 1.165) is 12.8 Å². The monoisotopic (exact) mass is 327 g/mol. The summed E-state index contributed by atoms with van der Waals surface area (Å²) in [5, 5.41) is 18.1. The van der Waals surface area contributed by atoms with Crippen LogP contribution in [0.15, 0.2) is 0 Å². The van der Waals surface area contributed by atoms with Crippen LogP contribution in [0.2, 0.25) is 5.28 Å². The fourth-order valence-electron chi connectivity index (χ4n) is 3.47. The molecule has 1 saturated heterocycles. The van der Waals surface area contributed by atoms with Gasteiger partial charge in [0.25, 0.3) is 0 Å². The Labute approximate surface area is 135 Å². The molecule has 0 amide bonds. The van der Waals surface area contributed by atoms with Gasteiger partial charge in [-0.25, -0.2) is 4.98 Å². The van der Waals surface area contributed by atoms with Crippen molar-refractivity contribution in [3.8, 4) is 0 Å². The lowest BCUT2D eigenvalue weighted by atomic mass is 9.79. The zero-order valence-electron chi connectivity index (χ0n) is 13.5. The maximum atomic E-state index is 11.3. The minimum absolute atomic E-state index is 0.0121. The molecule has 2 heterocycles. The van der Waals surface area contributed by atoms with Crippen molar-refractivity contribution in [2.75, 3.05) is 5.32 Å². The van der Waals surface area contributed by atoms with Gasteiger partial charge in [-0.3, -0.25) is 10.1 Å². The number of halogens is 1. The van der Waals surface area contributed by atoms with Crippen LogP contribution in [0, 0.1) is 17.0 Å². The predicted molar refractivity (Wildman–Crippen MR) is 86.4 cm³/mol. The fourth-order valence-corrected chi connectivity index (χ4v) is 3.68. The highest BCUT2D eigenvalue weighted by molar-refractivity contribution is 6.28. The SMILES string of the molecule is Cc1nc(Cl)nc(NC2CC(C)(C)NC(C)(C)C2)c1[N+](=O)[O-]. The van der Waals surface area contributed by atoms with Gasteiger partial charge >= 0.3 is 5.69 Å². The van der Waals surface area contributed by atoms with E-state index in [-0.39, 0.29) is 39.6 Å². The predicted octanol–water partition coefficient (Wildman–Crippen LogP) is 3.07. The molecule has 22 heavy (non-hydrogen) atoms. The third-order valence-electron chi connectivity index (χ3n) is 3.74. The molecule has 0 atom stereocenters. The molecule has 0 saturated carbocycles. The molecule has 0 bridgehead atoms. The summed E-state index contributed by atoms with van der Waals surface area (Å²) in [5.74, 6) is 0.195. The maximum Gasteiger partial charge on any atom is 0.332 e. The molecule has 0 aromatic carbocycles. The smallest absolute Gasteiger partial charge is 0.332 e. The Morgan fingerprint density at radius 1 is 1.27 bits per heavy atom. The number of hydrogen-bond acceptors (Lipinski definition) is 6. The summed E-state index contributed by atoms with van der Waals surface area (Å²) in [6, 6.07) is 0.0651. The highest BCUT2D eigenvalue weighted by atomic mass is 35.5. The minimum Gasteiger partial charge on any atom is -0.361 e. The number of aromatic nitrogens is 2. The highest BCUT2D eigenvalue weighted by Gasteiger charge is 2.38. The zero-order valence-corrected chi connectivity index (χ0v) is 14.3. The zero-order chi connectivity index (χ0) is 16.7. The summed E-state index contributed by atoms with van der Waals surface area (Å²) in [7, 11) is 0. The van der Waals surface area contributed by atoms with Crippen LogP contribution in [0.25, 0.3) is 0 Å². The van der Waals surface area contributed by atoms with Gasteiger partial charge in [0.15, 0.2) is 0 Å². The van der Waals surface area contributed by atoms with Gasteiger partial charge in [-0.2, -0.15) is 4.98 Å². The number of hydrogen-bond donors (Lipinski definition) is 2. The first-order valence-corrected chi connectivity index (χ1v) is 7.61. The van der Waals surface area contributed by atoms with E-state index < -0.39 is 4.92 Å². The summed E-state index contributed by atoms with van der Waals surface area (Å²) in [5.41, 5.74) is 0.0126. The van der Waals surface area contributed by atoms with E-state index in [1.807, 2.05) is 0 Å². The fraction of sp³-hybridized carbons (Fsp3) is 0.714. The van der Waals surface area contributed by atoms with Gasteiger partial charge in [-0.15, -0.1) is 0 Å². The number of aryl methyl sites for hydroxylation is 1. The Morgan fingerprint density at radius 2 is 1.82 bits per heavy atom. The Balaban J connectivity index is 2.32. The van der Waals surface area contributed by atoms with E-state index in [1.54, 1.807) is 6.92 Å². The molecule has 1 aromatic heterocycles. The van der Waals surface area contributed by atoms with Crippen LogP contribution in [0.1, 0.15) is 46.2 Å². The van der Waals surface area contributed by atoms with E-state index in [9.17, 15) is 10.1 Å². The largest absolute Gasteiger partial charge is 0.361 e. The van der Waals surface area contributed by atoms with Crippen molar-refractivity contribution in [2.24, 2.45) is 0 Å². The second kappa shape index (κ2) is 5.62. The molecule has 0 aliphatic carbocycles. The standard InChI is InChI=1S/C14H22ClN5O2/c1-8-10(20(21)22)11(18-12(15)16-8)17-9-6-13(2,3)19-14(4,5)7-9/h9,19H,6-7H2,1-5H3,(H,16,17,18). The first-order chi connectivity index (χ1) is 9.99. The van der Waals surface area contributed by atoms with E-state index in [0.29, 0.717) is 0 Å². The van der Waals surface area contributed by atoms with Crippen LogP contribution in [-0.4, -0.2) is 32.0 Å². The molecule has 2 rings (SSSR count). The Morgan fingerprint density at radius 3 is 2.32 bits per heavy atom. The van der Waals surface area contributed by atoms with E-state index >= 15 is 0 Å². The lowest BCUT2D eigenvalue weighted by Crippen LogP contribution is -2.60. The lowest BCUT2D eigenvalue weighted by Gasteiger charge is -2.46. The molecular formula is C14H22ClN5O2. The molecule has 1 fully saturated rings. The summed E-state index contributed by atoms with van der Waals surface area (Å²) in [4.78, 5) is 18.7. The summed E-state index contributed by atoms with van der Waals surface area (Å²) in [6.45, 7) is 10.0. The van der Waals surface area contributed by atoms with Crippen molar-refractivity contribution in [1.82, 2.24) is 15.3 Å². The number of anilines is 1. The number of rotatable bonds is 3. The van der Waals surface area contributed by atoms with Crippen LogP contribution in [0.4, 0.5) is 11.5 Å². The van der Waals surface area contributed by atoms with Gasteiger partial charge in [0.2, 0.25) is 11.1 Å². The first-order valence-electron chi connectivity index (χ1n) is 7.23. The van der Waals surface area contributed by atoms with Gasteiger partial charge in [0, 0.05) is 17.1 Å². The topological polar surface area (TPSA) is 93.0 Å². The second-order valence-corrected chi connectivity index (χ2v) is 7.51. The number of nitrogens with one attached hydrogen (secondary N) is 2. The van der Waals surface area contributed by atoms with Crippen LogP contribution < -0.4 is 10.6 Å². The average Bonchev–Trinajstić information content (AvgIpc) is 2.21. The molecule has 8 heteroatoms. The van der Waals surface area contributed by atoms with Crippen molar-refractivity contribution >= 4 is 23.1 Å². The molecule has 1 aromatic rings. The van der Waals surface area contributed by atoms with Crippen molar-refractivity contribution < 1.29 is 4.92 Å². The molecule has 0 spiro atoms. The Hall–Kier alpha value is -1.47. The van der Waals surface area contributed by atoms with E-state index in [1.165, 1.54) is 0 Å². The van der Waals surface area contributed by atoms with Crippen LogP contribution in [0.3, 0.4) is 0 Å². The Kier molecular flexibility index (Phi) is 4.32. The molecule has 1 aliphatic rings. The quantitative estimate of drug-likeness (QED) is 0.503. The number of nitrogens with zero attached hydrogens (tertiary/aromatic N) is 3. The van der Waals surface area contributed by atoms with Crippen LogP contribution >= 0.6 is 11.6 Å². The number of nitro groups is 1. The van der Waals surface area contributed by atoms with Gasteiger partial charge in [0.05, 0.1) is 4.92 Å². The minimum atomic E-state index is -0.467. The molecule has 7 nitrogen and oxygen atoms in total. The molecule has 122 valence electrons. The summed E-state index contributed by atoms with van der Waals surface area (Å²) < 4.78 is 0. The van der Waals surface area contributed by atoms with Gasteiger partial charge in [-0.05, 0) is 59.1 Å². The second-order valence-electron chi connectivity index (χ2n) is 7.17. The molecule has 0 unspecified atom stereocenters. The molecule has 2 N–H and O–H groups in total. The van der Waals surface area contributed by atoms with Crippen LogP contribution in [-0.2, 0) is 0 Å². The van der Waals surface area contributed by atoms with Crippen LogP contribution in [0.5, 0.6) is 0 Å².